The third-order valence-electron chi connectivity index (χ3n) is 4.13. The second-order valence-corrected chi connectivity index (χ2v) is 6.01. The molecule has 0 aliphatic heterocycles. The van der Waals surface area contributed by atoms with Gasteiger partial charge >= 0.3 is 12.0 Å². The zero-order valence-corrected chi connectivity index (χ0v) is 12.7. The molecule has 0 bridgehead atoms. The first-order chi connectivity index (χ1) is 9.85. The molecule has 2 amide bonds. The summed E-state index contributed by atoms with van der Waals surface area (Å²) in [5.74, 6) is -0.685. The number of amides is 2. The summed E-state index contributed by atoms with van der Waals surface area (Å²) in [5.41, 5.74) is 1.69. The van der Waals surface area contributed by atoms with E-state index in [-0.39, 0.29) is 5.92 Å². The van der Waals surface area contributed by atoms with Gasteiger partial charge in [0.25, 0.3) is 0 Å². The van der Waals surface area contributed by atoms with Crippen LogP contribution in [0.1, 0.15) is 50.2 Å². The van der Waals surface area contributed by atoms with Crippen LogP contribution >= 0.6 is 0 Å². The van der Waals surface area contributed by atoms with Crippen molar-refractivity contribution in [2.45, 2.75) is 51.5 Å². The van der Waals surface area contributed by atoms with Crippen molar-refractivity contribution in [3.63, 3.8) is 0 Å². The number of aryl methyl sites for hydroxylation is 1. The highest BCUT2D eigenvalue weighted by molar-refractivity contribution is 5.95. The molecule has 1 saturated carbocycles. The maximum Gasteiger partial charge on any atom is 0.329 e. The Morgan fingerprint density at radius 1 is 1.29 bits per heavy atom. The second kappa shape index (κ2) is 5.76. The molecule has 114 valence electrons. The number of hydrogen-bond acceptors (Lipinski definition) is 2. The number of urea groups is 1. The van der Waals surface area contributed by atoms with Crippen molar-refractivity contribution in [1.82, 2.24) is 5.32 Å². The van der Waals surface area contributed by atoms with Crippen molar-refractivity contribution in [1.29, 1.82) is 0 Å². The Kier molecular flexibility index (Phi) is 4.21. The summed E-state index contributed by atoms with van der Waals surface area (Å²) in [5, 5.41) is 14.7. The normalized spacial score (nSPS) is 16.2. The molecule has 21 heavy (non-hydrogen) atoms. The first kappa shape index (κ1) is 15.4. The largest absolute Gasteiger partial charge is 0.480 e. The molecule has 0 atom stereocenters. The lowest BCUT2D eigenvalue weighted by Crippen LogP contribution is -2.60. The number of hydrogen-bond donors (Lipinski definition) is 3. The molecule has 0 heterocycles. The fraction of sp³-hybridized carbons (Fsp3) is 0.500. The van der Waals surface area contributed by atoms with Gasteiger partial charge in [-0.2, -0.15) is 0 Å². The van der Waals surface area contributed by atoms with E-state index < -0.39 is 17.5 Å². The number of nitrogens with one attached hydrogen (secondary N) is 2. The minimum absolute atomic E-state index is 0.275. The van der Waals surface area contributed by atoms with E-state index in [4.69, 9.17) is 0 Å². The van der Waals surface area contributed by atoms with Gasteiger partial charge in [-0.25, -0.2) is 9.59 Å². The lowest BCUT2D eigenvalue weighted by Gasteiger charge is -2.38. The quantitative estimate of drug-likeness (QED) is 0.796. The summed E-state index contributed by atoms with van der Waals surface area (Å²) in [6, 6.07) is 5.41. The zero-order valence-electron chi connectivity index (χ0n) is 12.7. The van der Waals surface area contributed by atoms with Gasteiger partial charge in [0.05, 0.1) is 0 Å². The zero-order chi connectivity index (χ0) is 15.6. The van der Waals surface area contributed by atoms with Crippen molar-refractivity contribution >= 4 is 17.7 Å². The van der Waals surface area contributed by atoms with Gasteiger partial charge < -0.3 is 15.7 Å². The molecule has 0 spiro atoms. The smallest absolute Gasteiger partial charge is 0.329 e. The lowest BCUT2D eigenvalue weighted by atomic mass is 9.77. The maximum absolute atomic E-state index is 12.2. The highest BCUT2D eigenvalue weighted by Gasteiger charge is 2.45. The Bertz CT molecular complexity index is 563. The molecule has 1 aliphatic carbocycles. The van der Waals surface area contributed by atoms with Crippen molar-refractivity contribution in [3.05, 3.63) is 29.3 Å². The molecular weight excluding hydrogens is 268 g/mol. The summed E-state index contributed by atoms with van der Waals surface area (Å²) in [7, 11) is 0. The van der Waals surface area contributed by atoms with Crippen LogP contribution in [0.2, 0.25) is 0 Å². The minimum Gasteiger partial charge on any atom is -0.480 e. The van der Waals surface area contributed by atoms with E-state index in [0.717, 1.165) is 23.2 Å². The van der Waals surface area contributed by atoms with Gasteiger partial charge in [0, 0.05) is 5.69 Å². The van der Waals surface area contributed by atoms with E-state index >= 15 is 0 Å². The van der Waals surface area contributed by atoms with E-state index in [1.165, 1.54) is 0 Å². The van der Waals surface area contributed by atoms with Crippen molar-refractivity contribution < 1.29 is 14.7 Å². The van der Waals surface area contributed by atoms with Crippen LogP contribution in [0.25, 0.3) is 0 Å². The van der Waals surface area contributed by atoms with Gasteiger partial charge in [-0.1, -0.05) is 32.0 Å². The third-order valence-corrected chi connectivity index (χ3v) is 4.13. The molecule has 1 aromatic rings. The Hall–Kier alpha value is -2.04. The van der Waals surface area contributed by atoms with Crippen LogP contribution in [0.15, 0.2) is 18.2 Å². The van der Waals surface area contributed by atoms with Gasteiger partial charge in [0.15, 0.2) is 0 Å². The van der Waals surface area contributed by atoms with Crippen molar-refractivity contribution in [3.8, 4) is 0 Å². The topological polar surface area (TPSA) is 78.4 Å². The van der Waals surface area contributed by atoms with E-state index in [9.17, 15) is 14.7 Å². The highest BCUT2D eigenvalue weighted by atomic mass is 16.4. The number of para-hydroxylation sites is 1. The van der Waals surface area contributed by atoms with Gasteiger partial charge in [-0.3, -0.25) is 0 Å². The molecule has 2 rings (SSSR count). The predicted molar refractivity (Wildman–Crippen MR) is 81.6 cm³/mol. The van der Waals surface area contributed by atoms with E-state index in [0.29, 0.717) is 12.8 Å². The first-order valence-electron chi connectivity index (χ1n) is 7.28. The molecule has 1 aliphatic rings. The number of anilines is 1. The third kappa shape index (κ3) is 3.01. The van der Waals surface area contributed by atoms with Crippen molar-refractivity contribution in [2.24, 2.45) is 0 Å². The van der Waals surface area contributed by atoms with Gasteiger partial charge in [-0.05, 0) is 43.2 Å². The molecule has 0 aromatic heterocycles. The fourth-order valence-electron chi connectivity index (χ4n) is 2.63. The van der Waals surface area contributed by atoms with Crippen molar-refractivity contribution in [2.75, 3.05) is 5.32 Å². The summed E-state index contributed by atoms with van der Waals surface area (Å²) >= 11 is 0. The summed E-state index contributed by atoms with van der Waals surface area (Å²) in [4.78, 5) is 23.5. The molecule has 5 heteroatoms. The van der Waals surface area contributed by atoms with Crippen LogP contribution < -0.4 is 10.6 Å². The van der Waals surface area contributed by atoms with Gasteiger partial charge in [0.2, 0.25) is 0 Å². The maximum atomic E-state index is 12.2. The number of carboxylic acids is 1. The summed E-state index contributed by atoms with van der Waals surface area (Å²) < 4.78 is 0. The summed E-state index contributed by atoms with van der Waals surface area (Å²) in [6.07, 6.45) is 1.80. The Morgan fingerprint density at radius 2 is 1.95 bits per heavy atom. The molecule has 1 fully saturated rings. The Balaban J connectivity index is 2.15. The minimum atomic E-state index is -1.09. The molecule has 0 unspecified atom stereocenters. The molecule has 0 radical (unpaired) electrons. The van der Waals surface area contributed by atoms with Crippen LogP contribution in [-0.2, 0) is 4.79 Å². The number of carboxylic acid groups (broad SMARTS) is 1. The Morgan fingerprint density at radius 3 is 2.43 bits per heavy atom. The Labute approximate surface area is 124 Å². The standard InChI is InChI=1S/C16H22N2O3/c1-10(2)12-7-4-6-11(3)13(12)17-15(21)18-16(14(19)20)8-5-9-16/h4,6-7,10H,5,8-9H2,1-3H3,(H,19,20)(H2,17,18,21). The predicted octanol–water partition coefficient (Wildman–Crippen LogP) is 3.25. The van der Waals surface area contributed by atoms with E-state index in [1.807, 2.05) is 25.1 Å². The number of rotatable bonds is 4. The van der Waals surface area contributed by atoms with Crippen LogP contribution in [0.5, 0.6) is 0 Å². The highest BCUT2D eigenvalue weighted by Crippen LogP contribution is 2.32. The average Bonchev–Trinajstić information content (AvgIpc) is 2.35. The summed E-state index contributed by atoms with van der Waals surface area (Å²) in [6.45, 7) is 6.04. The van der Waals surface area contributed by atoms with Crippen LogP contribution in [-0.4, -0.2) is 22.6 Å². The van der Waals surface area contributed by atoms with Gasteiger partial charge in [-0.15, -0.1) is 0 Å². The number of benzene rings is 1. The monoisotopic (exact) mass is 290 g/mol. The molecule has 3 N–H and O–H groups in total. The molecule has 5 nitrogen and oxygen atoms in total. The number of carbonyl (C=O) groups is 2. The lowest BCUT2D eigenvalue weighted by molar-refractivity contribution is -0.148. The molecule has 1 aromatic carbocycles. The van der Waals surface area contributed by atoms with Crippen LogP contribution in [0.3, 0.4) is 0 Å². The van der Waals surface area contributed by atoms with Crippen LogP contribution in [0, 0.1) is 6.92 Å². The number of carbonyl (C=O) groups excluding carboxylic acids is 1. The van der Waals surface area contributed by atoms with E-state index in [2.05, 4.69) is 24.5 Å². The first-order valence-corrected chi connectivity index (χ1v) is 7.28. The van der Waals surface area contributed by atoms with Gasteiger partial charge in [0.1, 0.15) is 5.54 Å². The molecular formula is C16H22N2O3. The SMILES string of the molecule is Cc1cccc(C(C)C)c1NC(=O)NC1(C(=O)O)CCC1. The van der Waals surface area contributed by atoms with Crippen LogP contribution in [0.4, 0.5) is 10.5 Å². The number of aliphatic carboxylic acids is 1. The second-order valence-electron chi connectivity index (χ2n) is 6.01. The fourth-order valence-corrected chi connectivity index (χ4v) is 2.63. The average molecular weight is 290 g/mol. The molecule has 0 saturated heterocycles. The van der Waals surface area contributed by atoms with E-state index in [1.54, 1.807) is 0 Å².